The van der Waals surface area contributed by atoms with Gasteiger partial charge in [0.05, 0.1) is 5.56 Å². The van der Waals surface area contributed by atoms with E-state index >= 15 is 0 Å². The van der Waals surface area contributed by atoms with Crippen LogP contribution in [0.15, 0.2) is 66.7 Å². The first kappa shape index (κ1) is 14.1. The van der Waals surface area contributed by atoms with Gasteiger partial charge in [0.2, 0.25) is 0 Å². The Balaban J connectivity index is 1.79. The van der Waals surface area contributed by atoms with Crippen LogP contribution in [0.25, 0.3) is 10.8 Å². The molecule has 0 aliphatic heterocycles. The van der Waals surface area contributed by atoms with E-state index < -0.39 is 0 Å². The Morgan fingerprint density at radius 3 is 2.36 bits per heavy atom. The lowest BCUT2D eigenvalue weighted by Crippen LogP contribution is -2.09. The van der Waals surface area contributed by atoms with E-state index in [1.807, 2.05) is 43.3 Å². The van der Waals surface area contributed by atoms with Gasteiger partial charge in [-0.2, -0.15) is 0 Å². The molecule has 0 saturated carbocycles. The number of carbonyl (C=O) groups excluding carboxylic acids is 1. The maximum atomic E-state index is 12.3. The highest BCUT2D eigenvalue weighted by atomic mass is 16.5. The van der Waals surface area contributed by atoms with Gasteiger partial charge in [-0.3, -0.25) is 0 Å². The molecule has 1 N–H and O–H groups in total. The molecule has 110 valence electrons. The van der Waals surface area contributed by atoms with Crippen LogP contribution in [0.5, 0.6) is 5.75 Å². The quantitative estimate of drug-likeness (QED) is 0.725. The summed E-state index contributed by atoms with van der Waals surface area (Å²) in [4.78, 5) is 12.3. The first-order valence-electron chi connectivity index (χ1n) is 7.12. The Morgan fingerprint density at radius 1 is 0.955 bits per heavy atom. The van der Waals surface area contributed by atoms with Gasteiger partial charge in [-0.05, 0) is 47.5 Å². The van der Waals surface area contributed by atoms with Crippen LogP contribution in [0.3, 0.4) is 0 Å². The van der Waals surface area contributed by atoms with Gasteiger partial charge in [-0.25, -0.2) is 4.79 Å². The Bertz CT molecular complexity index is 806. The Kier molecular flexibility index (Phi) is 3.79. The largest absolute Gasteiger partial charge is 0.508 e. The van der Waals surface area contributed by atoms with Crippen molar-refractivity contribution in [2.75, 3.05) is 0 Å². The van der Waals surface area contributed by atoms with Crippen molar-refractivity contribution in [3.8, 4) is 5.75 Å². The van der Waals surface area contributed by atoms with E-state index in [1.54, 1.807) is 30.3 Å². The van der Waals surface area contributed by atoms with E-state index in [1.165, 1.54) is 0 Å². The number of fused-ring (bicyclic) bond motifs is 1. The highest BCUT2D eigenvalue weighted by Gasteiger charge is 2.14. The number of phenols is 1. The molecule has 0 heterocycles. The number of aromatic hydroxyl groups is 1. The van der Waals surface area contributed by atoms with Gasteiger partial charge in [-0.15, -0.1) is 0 Å². The first-order valence-corrected chi connectivity index (χ1v) is 7.12. The van der Waals surface area contributed by atoms with Gasteiger partial charge in [0, 0.05) is 0 Å². The van der Waals surface area contributed by atoms with Crippen LogP contribution < -0.4 is 0 Å². The zero-order chi connectivity index (χ0) is 15.5. The average molecular weight is 292 g/mol. The number of hydrogen-bond acceptors (Lipinski definition) is 3. The second-order valence-corrected chi connectivity index (χ2v) is 5.20. The summed E-state index contributed by atoms with van der Waals surface area (Å²) < 4.78 is 5.49. The minimum Gasteiger partial charge on any atom is -0.508 e. The SMILES string of the molecule is CC(OC(=O)c1ccc2ccccc2c1)c1ccc(O)cc1. The lowest BCUT2D eigenvalue weighted by atomic mass is 10.1. The number of rotatable bonds is 3. The summed E-state index contributed by atoms with van der Waals surface area (Å²) in [7, 11) is 0. The normalized spacial score (nSPS) is 12.0. The molecule has 3 heteroatoms. The molecule has 3 aromatic rings. The molecular formula is C19H16O3. The zero-order valence-electron chi connectivity index (χ0n) is 12.2. The number of phenolic OH excluding ortho intramolecular Hbond substituents is 1. The highest BCUT2D eigenvalue weighted by Crippen LogP contribution is 2.22. The van der Waals surface area contributed by atoms with Crippen LogP contribution in [0.4, 0.5) is 0 Å². The molecule has 0 bridgehead atoms. The van der Waals surface area contributed by atoms with Crippen LogP contribution in [-0.2, 0) is 4.74 Å². The summed E-state index contributed by atoms with van der Waals surface area (Å²) in [5.74, 6) is -0.164. The van der Waals surface area contributed by atoms with Gasteiger partial charge >= 0.3 is 5.97 Å². The predicted octanol–water partition coefficient (Wildman–Crippen LogP) is 4.46. The molecule has 1 atom stereocenters. The molecule has 0 fully saturated rings. The fourth-order valence-corrected chi connectivity index (χ4v) is 2.36. The van der Waals surface area contributed by atoms with E-state index in [0.29, 0.717) is 5.56 Å². The third-order valence-electron chi connectivity index (χ3n) is 3.63. The van der Waals surface area contributed by atoms with Crippen LogP contribution in [0.1, 0.15) is 28.9 Å². The van der Waals surface area contributed by atoms with Crippen molar-refractivity contribution in [1.29, 1.82) is 0 Å². The minimum atomic E-state index is -0.375. The summed E-state index contributed by atoms with van der Waals surface area (Å²) in [6, 6.07) is 20.0. The number of ether oxygens (including phenoxy) is 1. The monoisotopic (exact) mass is 292 g/mol. The second kappa shape index (κ2) is 5.90. The third-order valence-corrected chi connectivity index (χ3v) is 3.63. The lowest BCUT2D eigenvalue weighted by Gasteiger charge is -2.14. The summed E-state index contributed by atoms with van der Waals surface area (Å²) in [6.45, 7) is 1.81. The molecule has 22 heavy (non-hydrogen) atoms. The number of hydrogen-bond donors (Lipinski definition) is 1. The summed E-state index contributed by atoms with van der Waals surface area (Å²) in [5, 5.41) is 11.4. The fraction of sp³-hybridized carbons (Fsp3) is 0.105. The van der Waals surface area contributed by atoms with Gasteiger partial charge in [0.1, 0.15) is 11.9 Å². The molecule has 3 nitrogen and oxygen atoms in total. The van der Waals surface area contributed by atoms with Gasteiger partial charge < -0.3 is 9.84 Å². The van der Waals surface area contributed by atoms with Crippen molar-refractivity contribution in [3.63, 3.8) is 0 Å². The topological polar surface area (TPSA) is 46.5 Å². The molecule has 3 rings (SSSR count). The van der Waals surface area contributed by atoms with Crippen molar-refractivity contribution in [2.45, 2.75) is 13.0 Å². The van der Waals surface area contributed by atoms with E-state index in [0.717, 1.165) is 16.3 Å². The van der Waals surface area contributed by atoms with E-state index in [-0.39, 0.29) is 17.8 Å². The van der Waals surface area contributed by atoms with Crippen LogP contribution >= 0.6 is 0 Å². The zero-order valence-corrected chi connectivity index (χ0v) is 12.2. The molecule has 0 aliphatic rings. The average Bonchev–Trinajstić information content (AvgIpc) is 2.55. The maximum absolute atomic E-state index is 12.3. The number of benzene rings is 3. The summed E-state index contributed by atoms with van der Waals surface area (Å²) in [6.07, 6.45) is -0.375. The molecular weight excluding hydrogens is 276 g/mol. The van der Waals surface area contributed by atoms with Gasteiger partial charge in [0.15, 0.2) is 0 Å². The standard InChI is InChI=1S/C19H16O3/c1-13(14-8-10-18(20)11-9-14)22-19(21)17-7-6-15-4-2-3-5-16(15)12-17/h2-13,20H,1H3. The Labute approximate surface area is 128 Å². The van der Waals surface area contributed by atoms with Crippen LogP contribution in [0, 0.1) is 0 Å². The maximum Gasteiger partial charge on any atom is 0.338 e. The van der Waals surface area contributed by atoms with Crippen molar-refractivity contribution < 1.29 is 14.6 Å². The van der Waals surface area contributed by atoms with Crippen molar-refractivity contribution in [2.24, 2.45) is 0 Å². The second-order valence-electron chi connectivity index (χ2n) is 5.20. The highest BCUT2D eigenvalue weighted by molar-refractivity contribution is 5.95. The molecule has 0 amide bonds. The van der Waals surface area contributed by atoms with Crippen molar-refractivity contribution in [3.05, 3.63) is 77.9 Å². The first-order chi connectivity index (χ1) is 10.6. The van der Waals surface area contributed by atoms with E-state index in [4.69, 9.17) is 4.74 Å². The van der Waals surface area contributed by atoms with Crippen LogP contribution in [-0.4, -0.2) is 11.1 Å². The molecule has 0 aromatic heterocycles. The van der Waals surface area contributed by atoms with Crippen LogP contribution in [0.2, 0.25) is 0 Å². The molecule has 0 radical (unpaired) electrons. The fourth-order valence-electron chi connectivity index (χ4n) is 2.36. The summed E-state index contributed by atoms with van der Waals surface area (Å²) in [5.41, 5.74) is 1.37. The molecule has 0 spiro atoms. The predicted molar refractivity (Wildman–Crippen MR) is 85.9 cm³/mol. The van der Waals surface area contributed by atoms with Gasteiger partial charge in [-0.1, -0.05) is 42.5 Å². The molecule has 0 aliphatic carbocycles. The Morgan fingerprint density at radius 2 is 1.64 bits per heavy atom. The molecule has 1 unspecified atom stereocenters. The summed E-state index contributed by atoms with van der Waals surface area (Å²) >= 11 is 0. The third kappa shape index (κ3) is 2.93. The Hall–Kier alpha value is -2.81. The van der Waals surface area contributed by atoms with E-state index in [9.17, 15) is 9.90 Å². The number of carbonyl (C=O) groups is 1. The van der Waals surface area contributed by atoms with Crippen molar-refractivity contribution >= 4 is 16.7 Å². The minimum absolute atomic E-state index is 0.191. The molecule has 3 aromatic carbocycles. The smallest absolute Gasteiger partial charge is 0.338 e. The number of esters is 1. The lowest BCUT2D eigenvalue weighted by molar-refractivity contribution is 0.0338. The molecule has 0 saturated heterocycles. The van der Waals surface area contributed by atoms with Crippen molar-refractivity contribution in [1.82, 2.24) is 0 Å². The van der Waals surface area contributed by atoms with Gasteiger partial charge in [0.25, 0.3) is 0 Å². The van der Waals surface area contributed by atoms with E-state index in [2.05, 4.69) is 0 Å².